The van der Waals surface area contributed by atoms with Gasteiger partial charge in [-0.1, -0.05) is 76.5 Å². The van der Waals surface area contributed by atoms with Gasteiger partial charge in [0.25, 0.3) is 0 Å². The molecular formula is C20H33NaO4S. The Morgan fingerprint density at radius 1 is 0.885 bits per heavy atom. The maximum atomic E-state index is 10.9. The largest absolute Gasteiger partial charge is 1.00 e. The summed E-state index contributed by atoms with van der Waals surface area (Å²) in [7, 11) is -4.19. The molecule has 0 saturated heterocycles. The normalized spacial score (nSPS) is 12.4. The molecule has 0 radical (unpaired) electrons. The van der Waals surface area contributed by atoms with E-state index >= 15 is 0 Å². The van der Waals surface area contributed by atoms with Gasteiger partial charge in [0, 0.05) is 5.75 Å². The molecule has 0 aliphatic heterocycles. The van der Waals surface area contributed by atoms with E-state index in [2.05, 4.69) is 6.92 Å². The fraction of sp³-hybridized carbons (Fsp3) is 0.700. The van der Waals surface area contributed by atoms with Gasteiger partial charge in [0.2, 0.25) is 0 Å². The fourth-order valence-corrected chi connectivity index (χ4v) is 3.46. The van der Waals surface area contributed by atoms with Crippen LogP contribution in [-0.2, 0) is 10.1 Å². The number of hydrogen-bond acceptors (Lipinski definition) is 4. The van der Waals surface area contributed by atoms with Crippen LogP contribution in [0.5, 0.6) is 5.75 Å². The fourth-order valence-electron chi connectivity index (χ4n) is 2.91. The van der Waals surface area contributed by atoms with Gasteiger partial charge in [0.1, 0.15) is 5.75 Å². The quantitative estimate of drug-likeness (QED) is 0.261. The van der Waals surface area contributed by atoms with Crippen LogP contribution in [0.25, 0.3) is 0 Å². The zero-order valence-corrected chi connectivity index (χ0v) is 19.3. The minimum atomic E-state index is -4.19. The van der Waals surface area contributed by atoms with Crippen LogP contribution < -0.4 is 34.3 Å². The van der Waals surface area contributed by atoms with Crippen LogP contribution in [0.1, 0.15) is 77.6 Å². The van der Waals surface area contributed by atoms with Gasteiger partial charge in [-0.25, -0.2) is 8.42 Å². The predicted molar refractivity (Wildman–Crippen MR) is 102 cm³/mol. The summed E-state index contributed by atoms with van der Waals surface area (Å²) < 4.78 is 38.6. The van der Waals surface area contributed by atoms with Gasteiger partial charge in [-0.15, -0.1) is 0 Å². The van der Waals surface area contributed by atoms with Crippen LogP contribution in [0, 0.1) is 0 Å². The average Bonchev–Trinajstić information content (AvgIpc) is 2.58. The third-order valence-electron chi connectivity index (χ3n) is 4.37. The SMILES string of the molecule is CCCCCCCCCCCC(CCS(=O)(=O)[O-])Oc1ccccc1.[Na+]. The van der Waals surface area contributed by atoms with E-state index in [0.29, 0.717) is 0 Å². The Kier molecular flexibility index (Phi) is 15.9. The molecule has 1 aromatic rings. The van der Waals surface area contributed by atoms with Crippen LogP contribution in [0.3, 0.4) is 0 Å². The first-order valence-corrected chi connectivity index (χ1v) is 11.2. The van der Waals surface area contributed by atoms with Crippen LogP contribution in [0.4, 0.5) is 0 Å². The van der Waals surface area contributed by atoms with Gasteiger partial charge in [-0.3, -0.25) is 0 Å². The Labute approximate surface area is 182 Å². The Morgan fingerprint density at radius 2 is 1.42 bits per heavy atom. The van der Waals surface area contributed by atoms with Crippen LogP contribution >= 0.6 is 0 Å². The molecule has 26 heavy (non-hydrogen) atoms. The molecule has 0 aliphatic carbocycles. The van der Waals surface area contributed by atoms with Crippen molar-refractivity contribution >= 4 is 10.1 Å². The van der Waals surface area contributed by atoms with Gasteiger partial charge in [-0.05, 0) is 31.4 Å². The zero-order valence-electron chi connectivity index (χ0n) is 16.5. The van der Waals surface area contributed by atoms with Gasteiger partial charge < -0.3 is 9.29 Å². The molecule has 144 valence electrons. The standard InChI is InChI=1S/C20H34O4S.Na/c1-2-3-4-5-6-7-8-9-11-16-20(17-18-25(21,22)23)24-19-14-12-10-13-15-19;/h10,12-15,20H,2-9,11,16-18H2,1H3,(H,21,22,23);/q;+1/p-1. The van der Waals surface area contributed by atoms with E-state index < -0.39 is 10.1 Å². The van der Waals surface area contributed by atoms with E-state index in [1.807, 2.05) is 30.3 Å². The van der Waals surface area contributed by atoms with Crippen molar-refractivity contribution in [2.75, 3.05) is 5.75 Å². The number of hydrogen-bond donors (Lipinski definition) is 0. The van der Waals surface area contributed by atoms with E-state index in [1.165, 1.54) is 44.9 Å². The summed E-state index contributed by atoms with van der Waals surface area (Å²) in [6.07, 6.45) is 12.0. The number of unbranched alkanes of at least 4 members (excludes halogenated alkanes) is 8. The number of ether oxygens (including phenoxy) is 1. The molecule has 0 aromatic heterocycles. The van der Waals surface area contributed by atoms with Crippen molar-refractivity contribution in [3.05, 3.63) is 30.3 Å². The van der Waals surface area contributed by atoms with E-state index in [9.17, 15) is 13.0 Å². The van der Waals surface area contributed by atoms with Gasteiger partial charge >= 0.3 is 29.6 Å². The Hall–Kier alpha value is -0.0700. The molecule has 1 unspecified atom stereocenters. The molecule has 0 spiro atoms. The molecule has 4 nitrogen and oxygen atoms in total. The summed E-state index contributed by atoms with van der Waals surface area (Å²) in [5.74, 6) is 0.369. The van der Waals surface area contributed by atoms with Gasteiger partial charge in [-0.2, -0.15) is 0 Å². The topological polar surface area (TPSA) is 66.4 Å². The maximum absolute atomic E-state index is 10.9. The zero-order chi connectivity index (χ0) is 18.4. The second kappa shape index (κ2) is 15.9. The minimum absolute atomic E-state index is 0. The molecule has 0 aliphatic rings. The van der Waals surface area contributed by atoms with Crippen molar-refractivity contribution in [2.45, 2.75) is 83.7 Å². The summed E-state index contributed by atoms with van der Waals surface area (Å²) in [5.41, 5.74) is 0. The molecule has 0 heterocycles. The van der Waals surface area contributed by atoms with Gasteiger partial charge in [0.05, 0.1) is 16.2 Å². The van der Waals surface area contributed by atoms with Crippen LogP contribution in [0.2, 0.25) is 0 Å². The molecule has 1 aromatic carbocycles. The molecule has 0 N–H and O–H groups in total. The summed E-state index contributed by atoms with van der Waals surface area (Å²) in [5, 5.41) is 0. The molecule has 1 atom stereocenters. The average molecular weight is 393 g/mol. The first-order chi connectivity index (χ1) is 12.0. The van der Waals surface area contributed by atoms with Crippen molar-refractivity contribution in [3.8, 4) is 5.75 Å². The van der Waals surface area contributed by atoms with E-state index in [0.717, 1.165) is 25.0 Å². The summed E-state index contributed by atoms with van der Waals surface area (Å²) in [4.78, 5) is 0. The number of para-hydroxylation sites is 1. The molecule has 6 heteroatoms. The van der Waals surface area contributed by atoms with E-state index in [4.69, 9.17) is 4.74 Å². The Bertz CT molecular complexity index is 534. The van der Waals surface area contributed by atoms with Crippen molar-refractivity contribution in [1.29, 1.82) is 0 Å². The third kappa shape index (κ3) is 15.0. The van der Waals surface area contributed by atoms with E-state index in [-0.39, 0.29) is 47.8 Å². The smallest absolute Gasteiger partial charge is 0.748 e. The molecule has 0 bridgehead atoms. The summed E-state index contributed by atoms with van der Waals surface area (Å²) >= 11 is 0. The van der Waals surface area contributed by atoms with Crippen LogP contribution in [-0.4, -0.2) is 24.8 Å². The van der Waals surface area contributed by atoms with Crippen molar-refractivity contribution in [3.63, 3.8) is 0 Å². The summed E-state index contributed by atoms with van der Waals surface area (Å²) in [6.45, 7) is 2.23. The number of rotatable bonds is 15. The first kappa shape index (κ1) is 25.9. The van der Waals surface area contributed by atoms with Crippen molar-refractivity contribution in [2.24, 2.45) is 0 Å². The van der Waals surface area contributed by atoms with Crippen molar-refractivity contribution < 1.29 is 47.3 Å². The molecule has 0 saturated carbocycles. The van der Waals surface area contributed by atoms with Crippen LogP contribution in [0.15, 0.2) is 30.3 Å². The maximum Gasteiger partial charge on any atom is 1.00 e. The second-order valence-corrected chi connectivity index (χ2v) is 8.24. The predicted octanol–water partition coefficient (Wildman–Crippen LogP) is 2.29. The Balaban J connectivity index is 0.00000625. The molecular weight excluding hydrogens is 359 g/mol. The summed E-state index contributed by atoms with van der Waals surface area (Å²) in [6, 6.07) is 9.39. The van der Waals surface area contributed by atoms with E-state index in [1.54, 1.807) is 0 Å². The Morgan fingerprint density at radius 3 is 1.96 bits per heavy atom. The second-order valence-electron chi connectivity index (χ2n) is 6.72. The van der Waals surface area contributed by atoms with Gasteiger partial charge in [0.15, 0.2) is 0 Å². The minimum Gasteiger partial charge on any atom is -0.748 e. The molecule has 0 amide bonds. The third-order valence-corrected chi connectivity index (χ3v) is 5.10. The van der Waals surface area contributed by atoms with Crippen molar-refractivity contribution in [1.82, 2.24) is 0 Å². The molecule has 1 rings (SSSR count). The number of benzene rings is 1. The monoisotopic (exact) mass is 392 g/mol. The first-order valence-electron chi connectivity index (χ1n) is 9.66. The molecule has 0 fully saturated rings.